The zero-order valence-corrected chi connectivity index (χ0v) is 9.33. The Morgan fingerprint density at radius 3 is 2.43 bits per heavy atom. The van der Waals surface area contributed by atoms with E-state index < -0.39 is 0 Å². The topological polar surface area (TPSA) is 55.5 Å². The minimum atomic E-state index is -0.310. The molecule has 3 nitrogen and oxygen atoms in total. The first-order valence-corrected chi connectivity index (χ1v) is 5.53. The van der Waals surface area contributed by atoms with Gasteiger partial charge in [-0.25, -0.2) is 0 Å². The number of methoxy groups -OCH3 is 1. The SMILES string of the molecule is COCC(C)C(O)C1(CN)CCCC1. The van der Waals surface area contributed by atoms with Crippen LogP contribution in [0, 0.1) is 11.3 Å². The molecule has 0 aromatic carbocycles. The zero-order valence-electron chi connectivity index (χ0n) is 9.33. The fraction of sp³-hybridized carbons (Fsp3) is 1.00. The lowest BCUT2D eigenvalue weighted by atomic mass is 9.75. The number of hydrogen-bond donors (Lipinski definition) is 2. The molecule has 2 unspecified atom stereocenters. The van der Waals surface area contributed by atoms with Crippen molar-refractivity contribution in [1.29, 1.82) is 0 Å². The third-order valence-corrected chi connectivity index (χ3v) is 3.60. The van der Waals surface area contributed by atoms with Gasteiger partial charge in [0.15, 0.2) is 0 Å². The molecular weight excluding hydrogens is 178 g/mol. The minimum Gasteiger partial charge on any atom is -0.392 e. The summed E-state index contributed by atoms with van der Waals surface area (Å²) in [5.74, 6) is 0.182. The van der Waals surface area contributed by atoms with Gasteiger partial charge in [0.2, 0.25) is 0 Å². The van der Waals surface area contributed by atoms with E-state index in [0.29, 0.717) is 13.2 Å². The summed E-state index contributed by atoms with van der Waals surface area (Å²) in [7, 11) is 1.67. The molecule has 3 N–H and O–H groups in total. The van der Waals surface area contributed by atoms with Crippen molar-refractivity contribution in [2.45, 2.75) is 38.7 Å². The lowest BCUT2D eigenvalue weighted by Gasteiger charge is -2.36. The van der Waals surface area contributed by atoms with Gasteiger partial charge in [-0.05, 0) is 12.8 Å². The monoisotopic (exact) mass is 201 g/mol. The highest BCUT2D eigenvalue weighted by Gasteiger charge is 2.41. The molecule has 0 aromatic rings. The molecule has 1 fully saturated rings. The van der Waals surface area contributed by atoms with Crippen LogP contribution in [0.5, 0.6) is 0 Å². The Balaban J connectivity index is 2.59. The Morgan fingerprint density at radius 2 is 2.00 bits per heavy atom. The number of rotatable bonds is 5. The van der Waals surface area contributed by atoms with Crippen LogP contribution in [0.15, 0.2) is 0 Å². The Kier molecular flexibility index (Phi) is 4.35. The van der Waals surface area contributed by atoms with Gasteiger partial charge in [0.1, 0.15) is 0 Å². The van der Waals surface area contributed by atoms with Gasteiger partial charge in [0.25, 0.3) is 0 Å². The van der Waals surface area contributed by atoms with Crippen molar-refractivity contribution in [2.75, 3.05) is 20.3 Å². The normalized spacial score (nSPS) is 24.9. The van der Waals surface area contributed by atoms with E-state index in [0.717, 1.165) is 12.8 Å². The predicted octanol–water partition coefficient (Wildman–Crippen LogP) is 1.15. The molecule has 1 aliphatic carbocycles. The van der Waals surface area contributed by atoms with E-state index in [1.807, 2.05) is 6.92 Å². The average molecular weight is 201 g/mol. The summed E-state index contributed by atoms with van der Waals surface area (Å²) in [6, 6.07) is 0. The van der Waals surface area contributed by atoms with Gasteiger partial charge < -0.3 is 15.6 Å². The highest BCUT2D eigenvalue weighted by atomic mass is 16.5. The maximum absolute atomic E-state index is 10.2. The molecule has 3 heteroatoms. The second-order valence-corrected chi connectivity index (χ2v) is 4.65. The number of nitrogens with two attached hydrogens (primary N) is 1. The van der Waals surface area contributed by atoms with E-state index in [4.69, 9.17) is 10.5 Å². The largest absolute Gasteiger partial charge is 0.392 e. The van der Waals surface area contributed by atoms with Crippen molar-refractivity contribution in [2.24, 2.45) is 17.1 Å². The van der Waals surface area contributed by atoms with Crippen molar-refractivity contribution >= 4 is 0 Å². The molecule has 1 rings (SSSR count). The first-order valence-electron chi connectivity index (χ1n) is 5.53. The third kappa shape index (κ3) is 2.27. The molecule has 2 atom stereocenters. The first-order chi connectivity index (χ1) is 6.66. The Hall–Kier alpha value is -0.120. The van der Waals surface area contributed by atoms with Gasteiger partial charge in [0.05, 0.1) is 12.7 Å². The summed E-state index contributed by atoms with van der Waals surface area (Å²) >= 11 is 0. The van der Waals surface area contributed by atoms with Crippen molar-refractivity contribution in [3.63, 3.8) is 0 Å². The van der Waals surface area contributed by atoms with Gasteiger partial charge in [-0.2, -0.15) is 0 Å². The smallest absolute Gasteiger partial charge is 0.0655 e. The molecule has 0 radical (unpaired) electrons. The molecule has 84 valence electrons. The number of hydrogen-bond acceptors (Lipinski definition) is 3. The van der Waals surface area contributed by atoms with E-state index >= 15 is 0 Å². The maximum atomic E-state index is 10.2. The highest BCUT2D eigenvalue weighted by molar-refractivity contribution is 4.93. The predicted molar refractivity (Wildman–Crippen MR) is 57.0 cm³/mol. The van der Waals surface area contributed by atoms with E-state index in [1.165, 1.54) is 12.8 Å². The molecular formula is C11H23NO2. The summed E-state index contributed by atoms with van der Waals surface area (Å²) in [5, 5.41) is 10.2. The third-order valence-electron chi connectivity index (χ3n) is 3.60. The van der Waals surface area contributed by atoms with Crippen LogP contribution in [-0.4, -0.2) is 31.5 Å². The standard InChI is InChI=1S/C11H23NO2/c1-9(7-14-2)10(13)11(8-12)5-3-4-6-11/h9-10,13H,3-8,12H2,1-2H3. The van der Waals surface area contributed by atoms with Crippen molar-refractivity contribution in [3.05, 3.63) is 0 Å². The second kappa shape index (κ2) is 5.10. The highest BCUT2D eigenvalue weighted by Crippen LogP contribution is 2.42. The summed E-state index contributed by atoms with van der Waals surface area (Å²) in [5.41, 5.74) is 5.77. The summed E-state index contributed by atoms with van der Waals surface area (Å²) in [4.78, 5) is 0. The number of aliphatic hydroxyl groups is 1. The minimum absolute atomic E-state index is 0.0298. The summed E-state index contributed by atoms with van der Waals surface area (Å²) in [6.45, 7) is 3.25. The van der Waals surface area contributed by atoms with Crippen LogP contribution in [0.1, 0.15) is 32.6 Å². The maximum Gasteiger partial charge on any atom is 0.0655 e. The van der Waals surface area contributed by atoms with Gasteiger partial charge in [-0.1, -0.05) is 19.8 Å². The molecule has 1 saturated carbocycles. The van der Waals surface area contributed by atoms with Crippen LogP contribution < -0.4 is 5.73 Å². The van der Waals surface area contributed by atoms with Gasteiger partial charge in [-0.3, -0.25) is 0 Å². The Labute approximate surface area is 86.6 Å². The van der Waals surface area contributed by atoms with E-state index in [-0.39, 0.29) is 17.4 Å². The summed E-state index contributed by atoms with van der Waals surface area (Å²) in [6.07, 6.45) is 4.23. The lowest BCUT2D eigenvalue weighted by molar-refractivity contribution is -0.0298. The zero-order chi connectivity index (χ0) is 10.6. The van der Waals surface area contributed by atoms with E-state index in [9.17, 15) is 5.11 Å². The van der Waals surface area contributed by atoms with Crippen molar-refractivity contribution < 1.29 is 9.84 Å². The molecule has 0 heterocycles. The summed E-state index contributed by atoms with van der Waals surface area (Å²) < 4.78 is 5.07. The van der Waals surface area contributed by atoms with Crippen LogP contribution in [0.2, 0.25) is 0 Å². The molecule has 0 spiro atoms. The quantitative estimate of drug-likeness (QED) is 0.701. The number of aliphatic hydroxyl groups excluding tert-OH is 1. The second-order valence-electron chi connectivity index (χ2n) is 4.65. The van der Waals surface area contributed by atoms with Crippen LogP contribution in [0.25, 0.3) is 0 Å². The molecule has 0 amide bonds. The molecule has 1 aliphatic rings. The van der Waals surface area contributed by atoms with Crippen LogP contribution in [-0.2, 0) is 4.74 Å². The fourth-order valence-electron chi connectivity index (χ4n) is 2.66. The Bertz CT molecular complexity index is 167. The van der Waals surface area contributed by atoms with Crippen LogP contribution >= 0.6 is 0 Å². The number of ether oxygens (including phenoxy) is 1. The molecule has 0 aliphatic heterocycles. The van der Waals surface area contributed by atoms with E-state index in [2.05, 4.69) is 0 Å². The van der Waals surface area contributed by atoms with Gasteiger partial charge in [-0.15, -0.1) is 0 Å². The van der Waals surface area contributed by atoms with Crippen LogP contribution in [0.3, 0.4) is 0 Å². The van der Waals surface area contributed by atoms with Crippen molar-refractivity contribution in [1.82, 2.24) is 0 Å². The lowest BCUT2D eigenvalue weighted by Crippen LogP contribution is -2.44. The average Bonchev–Trinajstić information content (AvgIpc) is 2.66. The first kappa shape index (κ1) is 12.0. The van der Waals surface area contributed by atoms with Gasteiger partial charge >= 0.3 is 0 Å². The molecule has 0 aromatic heterocycles. The van der Waals surface area contributed by atoms with Gasteiger partial charge in [0, 0.05) is 25.0 Å². The van der Waals surface area contributed by atoms with Crippen molar-refractivity contribution in [3.8, 4) is 0 Å². The Morgan fingerprint density at radius 1 is 1.43 bits per heavy atom. The van der Waals surface area contributed by atoms with E-state index in [1.54, 1.807) is 7.11 Å². The molecule has 0 saturated heterocycles. The fourth-order valence-corrected chi connectivity index (χ4v) is 2.66. The molecule has 0 bridgehead atoms. The molecule has 14 heavy (non-hydrogen) atoms. The van der Waals surface area contributed by atoms with Crippen LogP contribution in [0.4, 0.5) is 0 Å².